The zero-order valence-electron chi connectivity index (χ0n) is 9.32. The molecule has 0 bridgehead atoms. The Kier molecular flexibility index (Phi) is 4.74. The second-order valence-electron chi connectivity index (χ2n) is 3.59. The molecule has 0 atom stereocenters. The van der Waals surface area contributed by atoms with Crippen LogP contribution in [-0.4, -0.2) is 21.6 Å². The summed E-state index contributed by atoms with van der Waals surface area (Å²) in [6.45, 7) is 1.61. The Morgan fingerprint density at radius 1 is 1.35 bits per heavy atom. The molecule has 0 aliphatic heterocycles. The van der Waals surface area contributed by atoms with Gasteiger partial charge in [-0.1, -0.05) is 6.07 Å². The van der Waals surface area contributed by atoms with Gasteiger partial charge < -0.3 is 9.88 Å². The summed E-state index contributed by atoms with van der Waals surface area (Å²) in [6, 6.07) is 4.08. The van der Waals surface area contributed by atoms with E-state index in [1.807, 2.05) is 25.6 Å². The van der Waals surface area contributed by atoms with E-state index >= 15 is 0 Å². The maximum Gasteiger partial charge on any atom is 0.132 e. The van der Waals surface area contributed by atoms with E-state index in [9.17, 15) is 0 Å². The van der Waals surface area contributed by atoms with E-state index < -0.39 is 0 Å². The molecule has 0 amide bonds. The molecule has 2 rings (SSSR count). The fourth-order valence-corrected chi connectivity index (χ4v) is 2.45. The highest BCUT2D eigenvalue weighted by atomic mass is 127. The van der Waals surface area contributed by atoms with E-state index in [0.29, 0.717) is 0 Å². The molecule has 2 aromatic rings. The van der Waals surface area contributed by atoms with Gasteiger partial charge in [-0.05, 0) is 63.9 Å². The first-order chi connectivity index (χ1) is 8.22. The zero-order valence-corrected chi connectivity index (χ0v) is 13.6. The van der Waals surface area contributed by atoms with Crippen LogP contribution in [0, 0.1) is 7.40 Å². The van der Waals surface area contributed by atoms with Gasteiger partial charge in [-0.15, -0.1) is 0 Å². The second-order valence-corrected chi connectivity index (χ2v) is 5.64. The number of nitrogens with one attached hydrogen (secondary N) is 1. The third kappa shape index (κ3) is 3.16. The predicted molar refractivity (Wildman–Crippen MR) is 83.8 cm³/mol. The molecule has 0 saturated heterocycles. The Balaban J connectivity index is 2.26. The van der Waals surface area contributed by atoms with Crippen molar-refractivity contribution in [2.45, 2.75) is 13.1 Å². The molecular formula is C11H12I2N4. The summed E-state index contributed by atoms with van der Waals surface area (Å²) in [4.78, 5) is 8.74. The fourth-order valence-electron chi connectivity index (χ4n) is 1.58. The zero-order chi connectivity index (χ0) is 12.3. The van der Waals surface area contributed by atoms with Crippen molar-refractivity contribution in [3.63, 3.8) is 0 Å². The smallest absolute Gasteiger partial charge is 0.132 e. The molecule has 17 heavy (non-hydrogen) atoms. The van der Waals surface area contributed by atoms with Crippen molar-refractivity contribution < 1.29 is 0 Å². The van der Waals surface area contributed by atoms with Gasteiger partial charge in [0.2, 0.25) is 0 Å². The Labute approximate surface area is 128 Å². The number of hydrogen-bond acceptors (Lipinski definition) is 3. The number of nitrogens with zero attached hydrogens (tertiary/aromatic N) is 3. The number of aromatic nitrogens is 3. The van der Waals surface area contributed by atoms with E-state index in [4.69, 9.17) is 0 Å². The van der Waals surface area contributed by atoms with Crippen molar-refractivity contribution in [2.75, 3.05) is 7.05 Å². The van der Waals surface area contributed by atoms with Crippen molar-refractivity contribution >= 4 is 45.2 Å². The molecular weight excluding hydrogens is 442 g/mol. The van der Waals surface area contributed by atoms with Gasteiger partial charge in [0, 0.05) is 12.7 Å². The molecule has 0 fully saturated rings. The van der Waals surface area contributed by atoms with Gasteiger partial charge in [0.25, 0.3) is 0 Å². The lowest BCUT2D eigenvalue weighted by atomic mass is 10.2. The van der Waals surface area contributed by atoms with Crippen LogP contribution in [0.25, 0.3) is 0 Å². The molecule has 0 unspecified atom stereocenters. The van der Waals surface area contributed by atoms with E-state index in [0.717, 1.165) is 26.2 Å². The summed E-state index contributed by atoms with van der Waals surface area (Å²) in [5.74, 6) is 0. The standard InChI is InChI=1S/C11H12I2N4/c1-14-5-8-3-2-4-15-9(8)6-17-7-16-10(12)11(17)13/h2-4,7,14H,5-6H2,1H3. The number of pyridine rings is 1. The molecule has 1 N–H and O–H groups in total. The highest BCUT2D eigenvalue weighted by molar-refractivity contribution is 14.1. The Hall–Kier alpha value is -0.220. The molecule has 4 nitrogen and oxygen atoms in total. The van der Waals surface area contributed by atoms with E-state index in [-0.39, 0.29) is 0 Å². The average Bonchev–Trinajstić information content (AvgIpc) is 2.64. The van der Waals surface area contributed by atoms with Crippen molar-refractivity contribution in [3.8, 4) is 0 Å². The quantitative estimate of drug-likeness (QED) is 0.722. The van der Waals surface area contributed by atoms with Crippen LogP contribution >= 0.6 is 45.2 Å². The largest absolute Gasteiger partial charge is 0.319 e. The summed E-state index contributed by atoms with van der Waals surface area (Å²) in [5.41, 5.74) is 2.32. The predicted octanol–water partition coefficient (Wildman–Crippen LogP) is 2.26. The Morgan fingerprint density at radius 2 is 2.18 bits per heavy atom. The summed E-state index contributed by atoms with van der Waals surface area (Å²) in [6.07, 6.45) is 3.70. The van der Waals surface area contributed by atoms with Gasteiger partial charge in [0.15, 0.2) is 0 Å². The third-order valence-electron chi connectivity index (χ3n) is 2.40. The molecule has 90 valence electrons. The topological polar surface area (TPSA) is 42.7 Å². The highest BCUT2D eigenvalue weighted by Gasteiger charge is 2.08. The van der Waals surface area contributed by atoms with Crippen LogP contribution < -0.4 is 5.32 Å². The summed E-state index contributed by atoms with van der Waals surface area (Å²) < 4.78 is 4.31. The van der Waals surface area contributed by atoms with Gasteiger partial charge in [-0.3, -0.25) is 4.98 Å². The van der Waals surface area contributed by atoms with Crippen molar-refractivity contribution in [1.29, 1.82) is 0 Å². The van der Waals surface area contributed by atoms with Crippen LogP contribution in [0.2, 0.25) is 0 Å². The minimum absolute atomic E-state index is 0.770. The third-order valence-corrected chi connectivity index (χ3v) is 5.36. The SMILES string of the molecule is CNCc1cccnc1Cn1cnc(I)c1I. The molecule has 0 saturated carbocycles. The lowest BCUT2D eigenvalue weighted by molar-refractivity contribution is 0.723. The molecule has 0 spiro atoms. The fraction of sp³-hybridized carbons (Fsp3) is 0.273. The lowest BCUT2D eigenvalue weighted by Gasteiger charge is -2.09. The van der Waals surface area contributed by atoms with Crippen LogP contribution in [0.3, 0.4) is 0 Å². The second kappa shape index (κ2) is 6.10. The normalized spacial score (nSPS) is 10.8. The minimum Gasteiger partial charge on any atom is -0.319 e. The van der Waals surface area contributed by atoms with E-state index in [1.54, 1.807) is 0 Å². The van der Waals surface area contributed by atoms with Gasteiger partial charge >= 0.3 is 0 Å². The van der Waals surface area contributed by atoms with Crippen LogP contribution in [-0.2, 0) is 13.1 Å². The molecule has 0 aliphatic carbocycles. The monoisotopic (exact) mass is 454 g/mol. The lowest BCUT2D eigenvalue weighted by Crippen LogP contribution is -2.11. The van der Waals surface area contributed by atoms with Gasteiger partial charge in [0.1, 0.15) is 7.40 Å². The van der Waals surface area contributed by atoms with Crippen molar-refractivity contribution in [1.82, 2.24) is 19.9 Å². The van der Waals surface area contributed by atoms with Crippen LogP contribution in [0.4, 0.5) is 0 Å². The Bertz CT molecular complexity index is 510. The van der Waals surface area contributed by atoms with E-state index in [1.165, 1.54) is 5.56 Å². The number of rotatable bonds is 4. The highest BCUT2D eigenvalue weighted by Crippen LogP contribution is 2.15. The first kappa shape index (κ1) is 13.2. The first-order valence-corrected chi connectivity index (χ1v) is 7.31. The van der Waals surface area contributed by atoms with Crippen LogP contribution in [0.1, 0.15) is 11.3 Å². The maximum absolute atomic E-state index is 4.45. The molecule has 0 radical (unpaired) electrons. The van der Waals surface area contributed by atoms with Crippen LogP contribution in [0.15, 0.2) is 24.7 Å². The van der Waals surface area contributed by atoms with Crippen molar-refractivity contribution in [3.05, 3.63) is 43.3 Å². The summed E-state index contributed by atoms with van der Waals surface area (Å²) >= 11 is 4.55. The van der Waals surface area contributed by atoms with Gasteiger partial charge in [-0.25, -0.2) is 4.98 Å². The summed E-state index contributed by atoms with van der Waals surface area (Å²) in [7, 11) is 1.95. The number of halogens is 2. The average molecular weight is 454 g/mol. The van der Waals surface area contributed by atoms with Crippen LogP contribution in [0.5, 0.6) is 0 Å². The summed E-state index contributed by atoms with van der Waals surface area (Å²) in [5, 5.41) is 3.16. The minimum atomic E-state index is 0.770. The molecule has 2 aromatic heterocycles. The maximum atomic E-state index is 4.45. The molecule has 0 aliphatic rings. The van der Waals surface area contributed by atoms with E-state index in [2.05, 4.69) is 71.1 Å². The van der Waals surface area contributed by atoms with Gasteiger partial charge in [0.05, 0.1) is 18.6 Å². The molecule has 2 heterocycles. The van der Waals surface area contributed by atoms with Gasteiger partial charge in [-0.2, -0.15) is 0 Å². The molecule has 0 aromatic carbocycles. The van der Waals surface area contributed by atoms with Crippen molar-refractivity contribution in [2.24, 2.45) is 0 Å². The first-order valence-electron chi connectivity index (χ1n) is 5.16. The number of hydrogen-bond donors (Lipinski definition) is 1. The Morgan fingerprint density at radius 3 is 2.82 bits per heavy atom. The number of imidazole rings is 1. The molecule has 6 heteroatoms.